The van der Waals surface area contributed by atoms with E-state index in [0.29, 0.717) is 24.8 Å². The molecular formula is C24H28N6O2. The van der Waals surface area contributed by atoms with E-state index < -0.39 is 18.0 Å². The third-order valence-corrected chi connectivity index (χ3v) is 5.71. The Labute approximate surface area is 187 Å². The number of nitrogen functional groups attached to an aromatic ring is 1. The Bertz CT molecular complexity index is 999. The van der Waals surface area contributed by atoms with Gasteiger partial charge in [0, 0.05) is 18.7 Å². The molecule has 1 aliphatic rings. The van der Waals surface area contributed by atoms with Gasteiger partial charge < -0.3 is 21.7 Å². The minimum atomic E-state index is -0.734. The molecule has 1 fully saturated rings. The second kappa shape index (κ2) is 10.6. The number of amidine groups is 1. The minimum absolute atomic E-state index is 0.0214. The third-order valence-electron chi connectivity index (χ3n) is 5.71. The molecule has 1 saturated heterocycles. The van der Waals surface area contributed by atoms with E-state index in [9.17, 15) is 14.9 Å². The quantitative estimate of drug-likeness (QED) is 0.366. The number of nitrogens with two attached hydrogens (primary N) is 2. The summed E-state index contributed by atoms with van der Waals surface area (Å²) >= 11 is 0. The predicted octanol–water partition coefficient (Wildman–Crippen LogP) is 1.29. The molecule has 0 radical (unpaired) electrons. The van der Waals surface area contributed by atoms with Crippen molar-refractivity contribution in [3.05, 3.63) is 71.3 Å². The van der Waals surface area contributed by atoms with Crippen LogP contribution in [0.2, 0.25) is 0 Å². The summed E-state index contributed by atoms with van der Waals surface area (Å²) in [5, 5.41) is 19.6. The molecular weight excluding hydrogens is 404 g/mol. The number of nitrogens with zero attached hydrogens (tertiary/aromatic N) is 2. The Balaban J connectivity index is 1.60. The lowest BCUT2D eigenvalue weighted by atomic mass is 10.0. The van der Waals surface area contributed by atoms with Crippen molar-refractivity contribution in [2.45, 2.75) is 37.9 Å². The van der Waals surface area contributed by atoms with E-state index in [1.54, 1.807) is 24.3 Å². The van der Waals surface area contributed by atoms with E-state index in [4.69, 9.17) is 16.9 Å². The maximum absolute atomic E-state index is 13.0. The molecule has 2 aromatic carbocycles. The second-order valence-corrected chi connectivity index (χ2v) is 8.03. The summed E-state index contributed by atoms with van der Waals surface area (Å²) in [4.78, 5) is 27.3. The third kappa shape index (κ3) is 5.71. The average Bonchev–Trinajstić information content (AvgIpc) is 3.26. The Kier molecular flexibility index (Phi) is 7.58. The molecule has 1 heterocycles. The molecule has 6 N–H and O–H groups in total. The summed E-state index contributed by atoms with van der Waals surface area (Å²) in [6.45, 7) is 0.479. The molecule has 32 heavy (non-hydrogen) atoms. The molecule has 166 valence electrons. The van der Waals surface area contributed by atoms with Gasteiger partial charge in [-0.15, -0.1) is 0 Å². The normalized spacial score (nSPS) is 18.6. The van der Waals surface area contributed by atoms with Crippen LogP contribution in [-0.4, -0.2) is 41.2 Å². The molecule has 3 rings (SSSR count). The number of hydrogen-bond acceptors (Lipinski definition) is 5. The Morgan fingerprint density at radius 3 is 2.47 bits per heavy atom. The summed E-state index contributed by atoms with van der Waals surface area (Å²) in [5.41, 5.74) is 14.2. The average molecular weight is 433 g/mol. The summed E-state index contributed by atoms with van der Waals surface area (Å²) in [5.74, 6) is -1.02. The lowest BCUT2D eigenvalue weighted by Crippen LogP contribution is -2.51. The number of carbonyl (C=O) groups is 2. The van der Waals surface area contributed by atoms with Crippen molar-refractivity contribution in [1.29, 1.82) is 10.7 Å². The number of rotatable bonds is 8. The molecule has 0 aliphatic carbocycles. The van der Waals surface area contributed by atoms with Crippen molar-refractivity contribution < 1.29 is 9.59 Å². The highest BCUT2D eigenvalue weighted by molar-refractivity contribution is 5.95. The van der Waals surface area contributed by atoms with Crippen molar-refractivity contribution in [1.82, 2.24) is 10.2 Å². The van der Waals surface area contributed by atoms with Gasteiger partial charge in [-0.1, -0.05) is 54.6 Å². The molecule has 8 nitrogen and oxygen atoms in total. The van der Waals surface area contributed by atoms with Gasteiger partial charge in [-0.3, -0.25) is 15.0 Å². The fourth-order valence-electron chi connectivity index (χ4n) is 3.83. The van der Waals surface area contributed by atoms with E-state index in [1.165, 1.54) is 4.90 Å². The standard InChI is InChI=1S/C24H28N6O2/c25-13-18-12-21(23(31)29-14-17-6-9-19(10-7-17)22(27)28)30(15-18)24(32)20(26)11-8-16-4-2-1-3-5-16/h1-7,9-10,18,20-21H,8,11-12,14-15,26H2,(H3,27,28)(H,29,31)/t18-,20-,21+/m1/s1. The van der Waals surface area contributed by atoms with E-state index in [-0.39, 0.29) is 30.7 Å². The molecule has 3 atom stereocenters. The molecule has 0 unspecified atom stereocenters. The summed E-state index contributed by atoms with van der Waals surface area (Å²) in [6, 6.07) is 17.5. The molecule has 0 bridgehead atoms. The van der Waals surface area contributed by atoms with Crippen LogP contribution in [0.3, 0.4) is 0 Å². The van der Waals surface area contributed by atoms with Gasteiger partial charge in [-0.25, -0.2) is 0 Å². The fourth-order valence-corrected chi connectivity index (χ4v) is 3.83. The number of nitrogens with one attached hydrogen (secondary N) is 2. The number of amides is 2. The van der Waals surface area contributed by atoms with Gasteiger partial charge >= 0.3 is 0 Å². The number of nitriles is 1. The van der Waals surface area contributed by atoms with Crippen molar-refractivity contribution >= 4 is 17.6 Å². The van der Waals surface area contributed by atoms with Crippen LogP contribution >= 0.6 is 0 Å². The maximum atomic E-state index is 13.0. The van der Waals surface area contributed by atoms with Crippen molar-refractivity contribution in [3.8, 4) is 6.07 Å². The SMILES string of the molecule is N#C[C@H]1C[C@@H](C(=O)NCc2ccc(C(=N)N)cc2)N(C(=O)[C@H](N)CCc2ccccc2)C1. The van der Waals surface area contributed by atoms with Crippen LogP contribution in [0.4, 0.5) is 0 Å². The first-order valence-electron chi connectivity index (χ1n) is 10.6. The van der Waals surface area contributed by atoms with Gasteiger partial charge in [-0.05, 0) is 30.4 Å². The zero-order valence-electron chi connectivity index (χ0n) is 17.8. The van der Waals surface area contributed by atoms with Crippen molar-refractivity contribution in [3.63, 3.8) is 0 Å². The van der Waals surface area contributed by atoms with Gasteiger partial charge in [0.25, 0.3) is 0 Å². The lowest BCUT2D eigenvalue weighted by molar-refractivity contribution is -0.139. The number of benzene rings is 2. The van der Waals surface area contributed by atoms with Crippen LogP contribution in [0, 0.1) is 22.7 Å². The fraction of sp³-hybridized carbons (Fsp3) is 0.333. The van der Waals surface area contributed by atoms with Crippen molar-refractivity contribution in [2.75, 3.05) is 6.54 Å². The highest BCUT2D eigenvalue weighted by Crippen LogP contribution is 2.24. The number of carbonyl (C=O) groups excluding carboxylic acids is 2. The van der Waals surface area contributed by atoms with Gasteiger partial charge in [0.05, 0.1) is 18.0 Å². The second-order valence-electron chi connectivity index (χ2n) is 8.03. The highest BCUT2D eigenvalue weighted by atomic mass is 16.2. The predicted molar refractivity (Wildman–Crippen MR) is 121 cm³/mol. The zero-order valence-corrected chi connectivity index (χ0v) is 17.8. The first-order valence-corrected chi connectivity index (χ1v) is 10.6. The van der Waals surface area contributed by atoms with E-state index in [1.807, 2.05) is 30.3 Å². The monoisotopic (exact) mass is 432 g/mol. The molecule has 2 aromatic rings. The number of aryl methyl sites for hydroxylation is 1. The van der Waals surface area contributed by atoms with Crippen LogP contribution in [0.5, 0.6) is 0 Å². The van der Waals surface area contributed by atoms with E-state index in [0.717, 1.165) is 11.1 Å². The van der Waals surface area contributed by atoms with Crippen LogP contribution in [0.25, 0.3) is 0 Å². The maximum Gasteiger partial charge on any atom is 0.243 e. The van der Waals surface area contributed by atoms with Crippen LogP contribution in [-0.2, 0) is 22.6 Å². The lowest BCUT2D eigenvalue weighted by Gasteiger charge is -2.26. The molecule has 0 saturated carbocycles. The van der Waals surface area contributed by atoms with Gasteiger partial charge in [-0.2, -0.15) is 5.26 Å². The van der Waals surface area contributed by atoms with Crippen LogP contribution < -0.4 is 16.8 Å². The van der Waals surface area contributed by atoms with Crippen LogP contribution in [0.15, 0.2) is 54.6 Å². The minimum Gasteiger partial charge on any atom is -0.384 e. The molecule has 8 heteroatoms. The zero-order chi connectivity index (χ0) is 23.1. The molecule has 1 aliphatic heterocycles. The smallest absolute Gasteiger partial charge is 0.243 e. The Hall–Kier alpha value is -3.70. The summed E-state index contributed by atoms with van der Waals surface area (Å²) in [6.07, 6.45) is 1.42. The first kappa shape index (κ1) is 23.0. The highest BCUT2D eigenvalue weighted by Gasteiger charge is 2.40. The number of likely N-dealkylation sites (tertiary alicyclic amines) is 1. The van der Waals surface area contributed by atoms with Gasteiger partial charge in [0.2, 0.25) is 11.8 Å². The van der Waals surface area contributed by atoms with Crippen molar-refractivity contribution in [2.24, 2.45) is 17.4 Å². The molecule has 0 aromatic heterocycles. The molecule has 2 amide bonds. The van der Waals surface area contributed by atoms with E-state index >= 15 is 0 Å². The van der Waals surface area contributed by atoms with Crippen LogP contribution in [0.1, 0.15) is 29.5 Å². The summed E-state index contributed by atoms with van der Waals surface area (Å²) < 4.78 is 0. The summed E-state index contributed by atoms with van der Waals surface area (Å²) in [7, 11) is 0. The van der Waals surface area contributed by atoms with Gasteiger partial charge in [0.15, 0.2) is 0 Å². The van der Waals surface area contributed by atoms with Gasteiger partial charge in [0.1, 0.15) is 11.9 Å². The Morgan fingerprint density at radius 2 is 1.84 bits per heavy atom. The topological polar surface area (TPSA) is 149 Å². The Morgan fingerprint density at radius 1 is 1.16 bits per heavy atom. The number of hydrogen-bond donors (Lipinski definition) is 4. The first-order chi connectivity index (χ1) is 15.4. The molecule has 0 spiro atoms. The largest absolute Gasteiger partial charge is 0.384 e. The van der Waals surface area contributed by atoms with E-state index in [2.05, 4.69) is 11.4 Å².